The van der Waals surface area contributed by atoms with Gasteiger partial charge < -0.3 is 14.8 Å². The zero-order chi connectivity index (χ0) is 21.1. The zero-order valence-corrected chi connectivity index (χ0v) is 17.0. The third-order valence-corrected chi connectivity index (χ3v) is 5.46. The molecule has 154 valence electrons. The number of hydrogen-bond donors (Lipinski definition) is 1. The standard InChI is InChI=1S/C20H20N6O3S/c27-17(5-8-26-18(28)14-3-1-2-4-15(14)23-20(26)30)24-9-11-25(12-10-24)19(29)16-13-21-6-7-22-16/h1-4,6-7,13H,5,8-12H2,(H,23,30). The third kappa shape index (κ3) is 3.99. The molecule has 0 unspecified atom stereocenters. The smallest absolute Gasteiger partial charge is 0.274 e. The second-order valence-corrected chi connectivity index (χ2v) is 7.33. The molecule has 0 aliphatic carbocycles. The SMILES string of the molecule is O=C(CCn1c(=S)[nH]c2ccccc2c1=O)N1CCN(C(=O)c2cnccn2)CC1. The van der Waals surface area contributed by atoms with Crippen LogP contribution in [0.5, 0.6) is 0 Å². The van der Waals surface area contributed by atoms with Crippen molar-refractivity contribution >= 4 is 34.9 Å². The molecule has 10 heteroatoms. The highest BCUT2D eigenvalue weighted by Gasteiger charge is 2.25. The lowest BCUT2D eigenvalue weighted by atomic mass is 10.2. The van der Waals surface area contributed by atoms with Crippen molar-refractivity contribution in [2.45, 2.75) is 13.0 Å². The Kier molecular flexibility index (Phi) is 5.66. The number of hydrogen-bond acceptors (Lipinski definition) is 6. The van der Waals surface area contributed by atoms with E-state index in [9.17, 15) is 14.4 Å². The number of nitrogens with one attached hydrogen (secondary N) is 1. The molecule has 0 spiro atoms. The van der Waals surface area contributed by atoms with E-state index in [1.54, 1.807) is 28.0 Å². The van der Waals surface area contributed by atoms with E-state index in [-0.39, 0.29) is 30.3 Å². The Morgan fingerprint density at radius 3 is 2.53 bits per heavy atom. The van der Waals surface area contributed by atoms with Gasteiger partial charge in [-0.3, -0.25) is 23.9 Å². The molecule has 3 heterocycles. The summed E-state index contributed by atoms with van der Waals surface area (Å²) in [4.78, 5) is 52.1. The largest absolute Gasteiger partial charge is 0.339 e. The fourth-order valence-corrected chi connectivity index (χ4v) is 3.78. The van der Waals surface area contributed by atoms with Gasteiger partial charge in [-0.25, -0.2) is 4.98 Å². The van der Waals surface area contributed by atoms with E-state index in [2.05, 4.69) is 15.0 Å². The van der Waals surface area contributed by atoms with Crippen molar-refractivity contribution in [3.63, 3.8) is 0 Å². The maximum absolute atomic E-state index is 12.7. The van der Waals surface area contributed by atoms with E-state index in [4.69, 9.17) is 12.2 Å². The molecule has 9 nitrogen and oxygen atoms in total. The topological polar surface area (TPSA) is 104 Å². The molecular weight excluding hydrogens is 404 g/mol. The summed E-state index contributed by atoms with van der Waals surface area (Å²) in [6.07, 6.45) is 4.59. The fraction of sp³-hybridized carbons (Fsp3) is 0.300. The molecule has 0 atom stereocenters. The van der Waals surface area contributed by atoms with Crippen molar-refractivity contribution in [3.8, 4) is 0 Å². The van der Waals surface area contributed by atoms with Gasteiger partial charge in [0, 0.05) is 51.5 Å². The number of fused-ring (bicyclic) bond motifs is 1. The first-order chi connectivity index (χ1) is 14.5. The number of amides is 2. The molecule has 0 saturated carbocycles. The summed E-state index contributed by atoms with van der Waals surface area (Å²) in [6.45, 7) is 1.93. The Hall–Kier alpha value is -3.40. The minimum atomic E-state index is -0.207. The highest BCUT2D eigenvalue weighted by atomic mass is 32.1. The van der Waals surface area contributed by atoms with Crippen LogP contribution in [-0.2, 0) is 11.3 Å². The molecule has 4 rings (SSSR count). The summed E-state index contributed by atoms with van der Waals surface area (Å²) in [5.41, 5.74) is 0.766. The van der Waals surface area contributed by atoms with Crippen LogP contribution in [0.15, 0.2) is 47.7 Å². The summed E-state index contributed by atoms with van der Waals surface area (Å²) >= 11 is 5.29. The highest BCUT2D eigenvalue weighted by Crippen LogP contribution is 2.09. The number of benzene rings is 1. The normalized spacial score (nSPS) is 14.1. The molecule has 30 heavy (non-hydrogen) atoms. The maximum atomic E-state index is 12.7. The van der Waals surface area contributed by atoms with Gasteiger partial charge in [0.1, 0.15) is 5.69 Å². The van der Waals surface area contributed by atoms with Gasteiger partial charge in [0.15, 0.2) is 4.77 Å². The van der Waals surface area contributed by atoms with E-state index in [1.165, 1.54) is 23.2 Å². The van der Waals surface area contributed by atoms with Crippen LogP contribution in [0.25, 0.3) is 10.9 Å². The van der Waals surface area contributed by atoms with Crippen molar-refractivity contribution in [3.05, 3.63) is 63.7 Å². The van der Waals surface area contributed by atoms with E-state index in [1.807, 2.05) is 6.07 Å². The summed E-state index contributed by atoms with van der Waals surface area (Å²) in [7, 11) is 0. The first kappa shape index (κ1) is 19.9. The molecule has 1 fully saturated rings. The van der Waals surface area contributed by atoms with Crippen LogP contribution in [0.4, 0.5) is 0 Å². The van der Waals surface area contributed by atoms with Gasteiger partial charge in [0.25, 0.3) is 11.5 Å². The molecule has 0 radical (unpaired) electrons. The van der Waals surface area contributed by atoms with Gasteiger partial charge in [-0.15, -0.1) is 0 Å². The third-order valence-electron chi connectivity index (χ3n) is 5.14. The molecule has 1 aromatic carbocycles. The summed E-state index contributed by atoms with van der Waals surface area (Å²) < 4.78 is 1.72. The number of H-pyrrole nitrogens is 1. The average Bonchev–Trinajstić information content (AvgIpc) is 2.79. The first-order valence-corrected chi connectivity index (χ1v) is 10.0. The number of aromatic amines is 1. The lowest BCUT2D eigenvalue weighted by molar-refractivity contribution is -0.132. The van der Waals surface area contributed by atoms with Crippen LogP contribution in [0, 0.1) is 4.77 Å². The Bertz CT molecular complexity index is 1200. The van der Waals surface area contributed by atoms with Crippen LogP contribution >= 0.6 is 12.2 Å². The van der Waals surface area contributed by atoms with Crippen LogP contribution in [0.3, 0.4) is 0 Å². The molecule has 3 aromatic rings. The number of nitrogens with zero attached hydrogens (tertiary/aromatic N) is 5. The number of rotatable bonds is 4. The summed E-state index contributed by atoms with van der Waals surface area (Å²) in [5.74, 6) is -0.264. The van der Waals surface area contributed by atoms with Gasteiger partial charge >= 0.3 is 0 Å². The van der Waals surface area contributed by atoms with Gasteiger partial charge in [0.2, 0.25) is 5.91 Å². The van der Waals surface area contributed by atoms with Crippen LogP contribution < -0.4 is 5.56 Å². The van der Waals surface area contributed by atoms with Crippen molar-refractivity contribution in [2.75, 3.05) is 26.2 Å². The van der Waals surface area contributed by atoms with E-state index < -0.39 is 0 Å². The first-order valence-electron chi connectivity index (χ1n) is 9.59. The summed E-state index contributed by atoms with van der Waals surface area (Å²) in [5, 5.41) is 0.537. The van der Waals surface area contributed by atoms with Crippen molar-refractivity contribution < 1.29 is 9.59 Å². The van der Waals surface area contributed by atoms with Crippen molar-refractivity contribution in [2.24, 2.45) is 0 Å². The van der Waals surface area contributed by atoms with Crippen molar-refractivity contribution in [1.29, 1.82) is 0 Å². The molecule has 1 N–H and O–H groups in total. The predicted molar refractivity (Wildman–Crippen MR) is 113 cm³/mol. The lowest BCUT2D eigenvalue weighted by Gasteiger charge is -2.34. The van der Waals surface area contributed by atoms with Crippen LogP contribution in [0.2, 0.25) is 0 Å². The molecule has 1 aliphatic rings. The molecule has 1 saturated heterocycles. The molecule has 1 aliphatic heterocycles. The highest BCUT2D eigenvalue weighted by molar-refractivity contribution is 7.71. The van der Waals surface area contributed by atoms with Crippen LogP contribution in [-0.4, -0.2) is 67.3 Å². The van der Waals surface area contributed by atoms with Gasteiger partial charge in [-0.05, 0) is 24.4 Å². The predicted octanol–water partition coefficient (Wildman–Crippen LogP) is 1.22. The number of para-hydroxylation sites is 1. The Morgan fingerprint density at radius 2 is 1.80 bits per heavy atom. The van der Waals surface area contributed by atoms with Gasteiger partial charge in [-0.1, -0.05) is 12.1 Å². The number of piperazine rings is 1. The molecule has 2 amide bonds. The van der Waals surface area contributed by atoms with Gasteiger partial charge in [-0.2, -0.15) is 0 Å². The molecular formula is C20H20N6O3S. The Balaban J connectivity index is 1.37. The monoisotopic (exact) mass is 424 g/mol. The Labute approximate surface area is 177 Å². The van der Waals surface area contributed by atoms with Crippen molar-refractivity contribution in [1.82, 2.24) is 29.3 Å². The summed E-state index contributed by atoms with van der Waals surface area (Å²) in [6, 6.07) is 7.14. The van der Waals surface area contributed by atoms with E-state index in [0.717, 1.165) is 0 Å². The Morgan fingerprint density at radius 1 is 1.07 bits per heavy atom. The minimum absolute atomic E-state index is 0.0731. The van der Waals surface area contributed by atoms with Gasteiger partial charge in [0.05, 0.1) is 17.1 Å². The number of carbonyl (C=O) groups is 2. The second kappa shape index (κ2) is 8.54. The maximum Gasteiger partial charge on any atom is 0.274 e. The second-order valence-electron chi connectivity index (χ2n) is 6.95. The molecule has 2 aromatic heterocycles. The minimum Gasteiger partial charge on any atom is -0.339 e. The number of carbonyl (C=O) groups excluding carboxylic acids is 2. The number of aromatic nitrogens is 4. The quantitative estimate of drug-likeness (QED) is 0.632. The van der Waals surface area contributed by atoms with E-state index in [0.29, 0.717) is 47.5 Å². The molecule has 0 bridgehead atoms. The fourth-order valence-electron chi connectivity index (χ4n) is 3.50. The average molecular weight is 424 g/mol. The van der Waals surface area contributed by atoms with E-state index >= 15 is 0 Å². The lowest BCUT2D eigenvalue weighted by Crippen LogP contribution is -2.51. The zero-order valence-electron chi connectivity index (χ0n) is 16.2. The van der Waals surface area contributed by atoms with Crippen LogP contribution in [0.1, 0.15) is 16.9 Å².